The fourth-order valence-electron chi connectivity index (χ4n) is 1.25. The van der Waals surface area contributed by atoms with Crippen molar-refractivity contribution in [2.45, 2.75) is 19.4 Å². The van der Waals surface area contributed by atoms with E-state index in [4.69, 9.17) is 0 Å². The van der Waals surface area contributed by atoms with E-state index in [-0.39, 0.29) is 0 Å². The highest BCUT2D eigenvalue weighted by Gasteiger charge is 1.99. The van der Waals surface area contributed by atoms with Crippen LogP contribution in [0.15, 0.2) is 30.8 Å². The molecule has 0 fully saturated rings. The second-order valence-corrected chi connectivity index (χ2v) is 3.34. The van der Waals surface area contributed by atoms with Gasteiger partial charge in [-0.1, -0.05) is 36.9 Å². The molecular formula is C12H17N. The molecule has 0 amide bonds. The molecule has 70 valence electrons. The van der Waals surface area contributed by atoms with E-state index in [0.717, 1.165) is 6.42 Å². The van der Waals surface area contributed by atoms with Crippen LogP contribution in [0.4, 0.5) is 0 Å². The smallest absolute Gasteiger partial charge is 0.00761 e. The Bertz CT molecular complexity index is 261. The molecule has 1 aromatic carbocycles. The van der Waals surface area contributed by atoms with Gasteiger partial charge in [0, 0.05) is 6.04 Å². The number of rotatable bonds is 4. The van der Waals surface area contributed by atoms with Crippen LogP contribution < -0.4 is 5.32 Å². The highest BCUT2D eigenvalue weighted by atomic mass is 14.8. The first-order valence-electron chi connectivity index (χ1n) is 4.65. The van der Waals surface area contributed by atoms with Crippen LogP contribution in [0.25, 0.3) is 6.08 Å². The molecule has 1 unspecified atom stereocenters. The van der Waals surface area contributed by atoms with Crippen LogP contribution in [0.5, 0.6) is 0 Å². The summed E-state index contributed by atoms with van der Waals surface area (Å²) in [4.78, 5) is 0. The molecule has 0 saturated carbocycles. The molecule has 0 saturated heterocycles. The molecule has 0 spiro atoms. The lowest BCUT2D eigenvalue weighted by molar-refractivity contribution is 0.608. The summed E-state index contributed by atoms with van der Waals surface area (Å²) in [6, 6.07) is 9.06. The molecule has 1 atom stereocenters. The molecule has 13 heavy (non-hydrogen) atoms. The summed E-state index contributed by atoms with van der Waals surface area (Å²) in [5.74, 6) is 0. The second kappa shape index (κ2) is 4.83. The fraction of sp³-hybridized carbons (Fsp3) is 0.333. The molecule has 1 rings (SSSR count). The van der Waals surface area contributed by atoms with Crippen molar-refractivity contribution in [3.63, 3.8) is 0 Å². The van der Waals surface area contributed by atoms with Crippen molar-refractivity contribution in [1.82, 2.24) is 5.32 Å². The Labute approximate surface area is 80.5 Å². The topological polar surface area (TPSA) is 12.0 Å². The quantitative estimate of drug-likeness (QED) is 0.741. The summed E-state index contributed by atoms with van der Waals surface area (Å²) in [5, 5.41) is 3.22. The first kappa shape index (κ1) is 10.0. The monoisotopic (exact) mass is 175 g/mol. The largest absolute Gasteiger partial charge is 0.317 e. The predicted octanol–water partition coefficient (Wildman–Crippen LogP) is 2.48. The third-order valence-electron chi connectivity index (χ3n) is 2.25. The number of hydrogen-bond acceptors (Lipinski definition) is 1. The van der Waals surface area contributed by atoms with Gasteiger partial charge in [0.25, 0.3) is 0 Å². The van der Waals surface area contributed by atoms with Gasteiger partial charge in [-0.05, 0) is 31.5 Å². The minimum atomic E-state index is 0.537. The number of nitrogens with one attached hydrogen (secondary N) is 1. The van der Waals surface area contributed by atoms with Crippen molar-refractivity contribution in [1.29, 1.82) is 0 Å². The van der Waals surface area contributed by atoms with Crippen LogP contribution in [0, 0.1) is 0 Å². The van der Waals surface area contributed by atoms with E-state index in [1.807, 2.05) is 13.1 Å². The summed E-state index contributed by atoms with van der Waals surface area (Å²) < 4.78 is 0. The van der Waals surface area contributed by atoms with Gasteiger partial charge in [0.15, 0.2) is 0 Å². The number of likely N-dealkylation sites (N-methyl/N-ethyl adjacent to an activating group) is 1. The van der Waals surface area contributed by atoms with E-state index < -0.39 is 0 Å². The molecule has 1 N–H and O–H groups in total. The Kier molecular flexibility index (Phi) is 3.71. The maximum absolute atomic E-state index is 3.73. The van der Waals surface area contributed by atoms with Crippen molar-refractivity contribution < 1.29 is 0 Å². The van der Waals surface area contributed by atoms with Gasteiger partial charge in [0.05, 0.1) is 0 Å². The molecular weight excluding hydrogens is 158 g/mol. The second-order valence-electron chi connectivity index (χ2n) is 3.34. The lowest BCUT2D eigenvalue weighted by Crippen LogP contribution is -2.23. The molecule has 0 aliphatic rings. The zero-order valence-electron chi connectivity index (χ0n) is 8.38. The molecule has 0 aliphatic carbocycles. The third kappa shape index (κ3) is 3.03. The molecule has 0 radical (unpaired) electrons. The fourth-order valence-corrected chi connectivity index (χ4v) is 1.25. The number of benzene rings is 1. The van der Waals surface area contributed by atoms with Gasteiger partial charge >= 0.3 is 0 Å². The Morgan fingerprint density at radius 2 is 2.00 bits per heavy atom. The minimum absolute atomic E-state index is 0.537. The first-order chi connectivity index (χ1) is 6.26. The van der Waals surface area contributed by atoms with E-state index in [1.165, 1.54) is 11.1 Å². The standard InChI is InChI=1S/C12H17N/c1-4-11-5-7-12(8-6-11)9-10(2)13-3/h4-8,10,13H,1,9H2,2-3H3. The van der Waals surface area contributed by atoms with Crippen molar-refractivity contribution >= 4 is 6.08 Å². The molecule has 0 aliphatic heterocycles. The molecule has 1 aromatic rings. The third-order valence-corrected chi connectivity index (χ3v) is 2.25. The van der Waals surface area contributed by atoms with Gasteiger partial charge in [-0.25, -0.2) is 0 Å². The van der Waals surface area contributed by atoms with Crippen LogP contribution in [0.1, 0.15) is 18.1 Å². The normalized spacial score (nSPS) is 12.5. The summed E-state index contributed by atoms with van der Waals surface area (Å²) in [6.45, 7) is 5.91. The summed E-state index contributed by atoms with van der Waals surface area (Å²) >= 11 is 0. The number of hydrogen-bond donors (Lipinski definition) is 1. The Balaban J connectivity index is 2.63. The van der Waals surface area contributed by atoms with Crippen LogP contribution in [-0.2, 0) is 6.42 Å². The van der Waals surface area contributed by atoms with Crippen LogP contribution >= 0.6 is 0 Å². The van der Waals surface area contributed by atoms with E-state index in [9.17, 15) is 0 Å². The molecule has 1 heteroatoms. The van der Waals surface area contributed by atoms with Crippen molar-refractivity contribution in [2.75, 3.05) is 7.05 Å². The SMILES string of the molecule is C=Cc1ccc(CC(C)NC)cc1. The molecule has 0 bridgehead atoms. The Morgan fingerprint density at radius 1 is 1.38 bits per heavy atom. The zero-order chi connectivity index (χ0) is 9.68. The minimum Gasteiger partial charge on any atom is -0.317 e. The lowest BCUT2D eigenvalue weighted by atomic mass is 10.1. The van der Waals surface area contributed by atoms with E-state index in [1.54, 1.807) is 0 Å². The highest BCUT2D eigenvalue weighted by molar-refractivity contribution is 5.47. The average Bonchev–Trinajstić information content (AvgIpc) is 2.19. The van der Waals surface area contributed by atoms with E-state index >= 15 is 0 Å². The van der Waals surface area contributed by atoms with Gasteiger partial charge in [-0.15, -0.1) is 0 Å². The van der Waals surface area contributed by atoms with E-state index in [2.05, 4.69) is 43.1 Å². The highest BCUT2D eigenvalue weighted by Crippen LogP contribution is 2.07. The van der Waals surface area contributed by atoms with Gasteiger partial charge in [-0.2, -0.15) is 0 Å². The van der Waals surface area contributed by atoms with Crippen molar-refractivity contribution in [2.24, 2.45) is 0 Å². The van der Waals surface area contributed by atoms with E-state index in [0.29, 0.717) is 6.04 Å². The molecule has 0 aromatic heterocycles. The first-order valence-corrected chi connectivity index (χ1v) is 4.65. The lowest BCUT2D eigenvalue weighted by Gasteiger charge is -2.09. The Hall–Kier alpha value is -1.08. The van der Waals surface area contributed by atoms with Crippen LogP contribution in [0.3, 0.4) is 0 Å². The summed E-state index contributed by atoms with van der Waals surface area (Å²) in [6.07, 6.45) is 2.94. The maximum Gasteiger partial charge on any atom is 0.00761 e. The molecule has 0 heterocycles. The average molecular weight is 175 g/mol. The van der Waals surface area contributed by atoms with Crippen molar-refractivity contribution in [3.05, 3.63) is 42.0 Å². The Morgan fingerprint density at radius 3 is 2.46 bits per heavy atom. The maximum atomic E-state index is 3.73. The summed E-state index contributed by atoms with van der Waals surface area (Å²) in [5.41, 5.74) is 2.55. The van der Waals surface area contributed by atoms with Gasteiger partial charge < -0.3 is 5.32 Å². The summed E-state index contributed by atoms with van der Waals surface area (Å²) in [7, 11) is 1.99. The van der Waals surface area contributed by atoms with Gasteiger partial charge in [0.2, 0.25) is 0 Å². The van der Waals surface area contributed by atoms with Crippen LogP contribution in [-0.4, -0.2) is 13.1 Å². The van der Waals surface area contributed by atoms with Gasteiger partial charge in [0.1, 0.15) is 0 Å². The van der Waals surface area contributed by atoms with Crippen LogP contribution in [0.2, 0.25) is 0 Å². The molecule has 1 nitrogen and oxygen atoms in total. The zero-order valence-corrected chi connectivity index (χ0v) is 8.38. The predicted molar refractivity (Wildman–Crippen MR) is 58.8 cm³/mol. The van der Waals surface area contributed by atoms with Crippen molar-refractivity contribution in [3.8, 4) is 0 Å². The van der Waals surface area contributed by atoms with Gasteiger partial charge in [-0.3, -0.25) is 0 Å².